The van der Waals surface area contributed by atoms with Gasteiger partial charge in [-0.25, -0.2) is 9.18 Å². The van der Waals surface area contributed by atoms with Crippen molar-refractivity contribution in [1.82, 2.24) is 4.98 Å². The van der Waals surface area contributed by atoms with Crippen LogP contribution in [0.1, 0.15) is 11.3 Å². The standard InChI is InChI=1S/C22H17FN2O3S/c1-2-14-4-3-5-18(8-14)28-12-20-25-22(13-29-20,21(26)27)11-17-9-15-6-7-16(23)10-19(15)24-17/h1,3-10,24H,11-13H2,(H,26,27). The molecule has 0 spiro atoms. The summed E-state index contributed by atoms with van der Waals surface area (Å²) in [5, 5.41) is 11.3. The molecule has 4 rings (SSSR count). The van der Waals surface area contributed by atoms with Gasteiger partial charge in [-0.1, -0.05) is 12.0 Å². The lowest BCUT2D eigenvalue weighted by molar-refractivity contribution is -0.142. The minimum absolute atomic E-state index is 0.172. The van der Waals surface area contributed by atoms with Crippen molar-refractivity contribution in [3.8, 4) is 18.1 Å². The van der Waals surface area contributed by atoms with Crippen LogP contribution in [0.5, 0.6) is 5.75 Å². The Kier molecular flexibility index (Phi) is 5.03. The molecule has 146 valence electrons. The van der Waals surface area contributed by atoms with Gasteiger partial charge >= 0.3 is 5.97 Å². The summed E-state index contributed by atoms with van der Waals surface area (Å²) in [7, 11) is 0. The van der Waals surface area contributed by atoms with E-state index in [9.17, 15) is 14.3 Å². The minimum Gasteiger partial charge on any atom is -0.487 e. The number of carboxylic acids is 1. The minimum atomic E-state index is -1.29. The molecule has 1 aliphatic heterocycles. The first-order valence-electron chi connectivity index (χ1n) is 8.89. The Morgan fingerprint density at radius 3 is 3.00 bits per heavy atom. The number of carbonyl (C=O) groups is 1. The maximum absolute atomic E-state index is 13.4. The van der Waals surface area contributed by atoms with Crippen molar-refractivity contribution in [3.05, 3.63) is 65.6 Å². The van der Waals surface area contributed by atoms with Gasteiger partial charge in [-0.15, -0.1) is 18.2 Å². The van der Waals surface area contributed by atoms with E-state index in [4.69, 9.17) is 11.2 Å². The van der Waals surface area contributed by atoms with Crippen LogP contribution >= 0.6 is 11.8 Å². The molecule has 0 amide bonds. The molecule has 7 heteroatoms. The van der Waals surface area contributed by atoms with Crippen LogP contribution < -0.4 is 4.74 Å². The maximum Gasteiger partial charge on any atom is 0.332 e. The molecule has 29 heavy (non-hydrogen) atoms. The first-order valence-corrected chi connectivity index (χ1v) is 9.87. The number of hydrogen-bond donors (Lipinski definition) is 2. The topological polar surface area (TPSA) is 74.7 Å². The van der Waals surface area contributed by atoms with Gasteiger partial charge in [-0.3, -0.25) is 4.99 Å². The van der Waals surface area contributed by atoms with Gasteiger partial charge in [0.15, 0.2) is 5.54 Å². The number of thioether (sulfide) groups is 1. The van der Waals surface area contributed by atoms with Crippen molar-refractivity contribution in [3.63, 3.8) is 0 Å². The van der Waals surface area contributed by atoms with Crippen LogP contribution in [-0.2, 0) is 11.2 Å². The highest BCUT2D eigenvalue weighted by Crippen LogP contribution is 2.33. The van der Waals surface area contributed by atoms with Crippen LogP contribution in [0.2, 0.25) is 0 Å². The smallest absolute Gasteiger partial charge is 0.332 e. The number of rotatable bonds is 6. The molecule has 0 fully saturated rings. The van der Waals surface area contributed by atoms with Crippen molar-refractivity contribution in [1.29, 1.82) is 0 Å². The van der Waals surface area contributed by atoms with Gasteiger partial charge < -0.3 is 14.8 Å². The monoisotopic (exact) mass is 408 g/mol. The summed E-state index contributed by atoms with van der Waals surface area (Å²) in [4.78, 5) is 19.6. The van der Waals surface area contributed by atoms with Crippen LogP contribution in [0, 0.1) is 18.2 Å². The molecule has 1 atom stereocenters. The number of aromatic nitrogens is 1. The number of benzene rings is 2. The number of fused-ring (bicyclic) bond motifs is 1. The number of halogens is 1. The van der Waals surface area contributed by atoms with E-state index in [0.29, 0.717) is 33.3 Å². The summed E-state index contributed by atoms with van der Waals surface area (Å²) in [6.45, 7) is 0.172. The summed E-state index contributed by atoms with van der Waals surface area (Å²) >= 11 is 1.37. The second-order valence-corrected chi connectivity index (χ2v) is 7.84. The quantitative estimate of drug-likeness (QED) is 0.607. The number of terminal acetylenes is 1. The van der Waals surface area contributed by atoms with Gasteiger partial charge in [0.25, 0.3) is 0 Å². The fourth-order valence-electron chi connectivity index (χ4n) is 3.25. The number of nitrogens with zero attached hydrogens (tertiary/aromatic N) is 1. The third-order valence-corrected chi connectivity index (χ3v) is 5.86. The lowest BCUT2D eigenvalue weighted by atomic mass is 9.96. The Morgan fingerprint density at radius 2 is 2.21 bits per heavy atom. The van der Waals surface area contributed by atoms with Crippen molar-refractivity contribution in [2.75, 3.05) is 12.4 Å². The van der Waals surface area contributed by atoms with Gasteiger partial charge in [0.05, 0.1) is 0 Å². The van der Waals surface area contributed by atoms with E-state index in [-0.39, 0.29) is 18.8 Å². The van der Waals surface area contributed by atoms with Crippen LogP contribution in [-0.4, -0.2) is 39.0 Å². The number of H-pyrrole nitrogens is 1. The number of ether oxygens (including phenoxy) is 1. The molecular weight excluding hydrogens is 391 g/mol. The lowest BCUT2D eigenvalue weighted by Crippen LogP contribution is -2.39. The predicted octanol–water partition coefficient (Wildman–Crippen LogP) is 3.88. The molecule has 5 nitrogen and oxygen atoms in total. The predicted molar refractivity (Wildman–Crippen MR) is 112 cm³/mol. The Bertz CT molecular complexity index is 1160. The van der Waals surface area contributed by atoms with E-state index >= 15 is 0 Å². The van der Waals surface area contributed by atoms with Gasteiger partial charge in [0, 0.05) is 28.9 Å². The van der Waals surface area contributed by atoms with Crippen molar-refractivity contribution >= 4 is 33.7 Å². The van der Waals surface area contributed by atoms with E-state index in [1.165, 1.54) is 23.9 Å². The first kappa shape index (κ1) is 19.1. The van der Waals surface area contributed by atoms with Crippen molar-refractivity contribution in [2.45, 2.75) is 12.0 Å². The molecule has 1 aromatic heterocycles. The molecule has 1 unspecified atom stereocenters. The molecule has 3 aromatic rings. The molecule has 2 N–H and O–H groups in total. The normalized spacial score (nSPS) is 18.4. The van der Waals surface area contributed by atoms with Gasteiger partial charge in [-0.05, 0) is 47.9 Å². The molecule has 0 bridgehead atoms. The van der Waals surface area contributed by atoms with E-state index in [2.05, 4.69) is 15.9 Å². The Morgan fingerprint density at radius 1 is 1.34 bits per heavy atom. The number of aliphatic imine (C=N–C) groups is 1. The Hall–Kier alpha value is -3.24. The van der Waals surface area contributed by atoms with Crippen molar-refractivity contribution < 1.29 is 19.0 Å². The van der Waals surface area contributed by atoms with Crippen LogP contribution in [0.3, 0.4) is 0 Å². The number of hydrogen-bond acceptors (Lipinski definition) is 4. The lowest BCUT2D eigenvalue weighted by Gasteiger charge is -2.19. The average Bonchev–Trinajstić information content (AvgIpc) is 3.30. The highest BCUT2D eigenvalue weighted by Gasteiger charge is 2.43. The summed E-state index contributed by atoms with van der Waals surface area (Å²) in [6, 6.07) is 13.4. The summed E-state index contributed by atoms with van der Waals surface area (Å²) in [6.07, 6.45) is 5.58. The zero-order valence-corrected chi connectivity index (χ0v) is 16.1. The Balaban J connectivity index is 1.52. The largest absolute Gasteiger partial charge is 0.487 e. The van der Waals surface area contributed by atoms with Gasteiger partial charge in [-0.2, -0.15) is 0 Å². The van der Waals surface area contributed by atoms with Gasteiger partial charge in [0.1, 0.15) is 23.2 Å². The molecule has 2 aromatic carbocycles. The summed E-state index contributed by atoms with van der Waals surface area (Å²) < 4.78 is 19.1. The highest BCUT2D eigenvalue weighted by atomic mass is 32.2. The second-order valence-electron chi connectivity index (χ2n) is 6.79. The molecule has 0 aliphatic carbocycles. The highest BCUT2D eigenvalue weighted by molar-refractivity contribution is 8.14. The SMILES string of the molecule is C#Cc1cccc(OCC2=NC(Cc3cc4ccc(F)cc4[nH]3)(C(=O)O)CS2)c1. The third-order valence-electron chi connectivity index (χ3n) is 4.70. The molecule has 2 heterocycles. The van der Waals surface area contributed by atoms with Crippen LogP contribution in [0.15, 0.2) is 53.5 Å². The van der Waals surface area contributed by atoms with E-state index < -0.39 is 11.5 Å². The Labute approximate surface area is 171 Å². The fourth-order valence-corrected chi connectivity index (χ4v) is 4.32. The number of carboxylic acid groups (broad SMARTS) is 1. The molecule has 1 aliphatic rings. The van der Waals surface area contributed by atoms with E-state index in [1.54, 1.807) is 30.3 Å². The van der Waals surface area contributed by atoms with Crippen LogP contribution in [0.4, 0.5) is 4.39 Å². The number of nitrogens with one attached hydrogen (secondary N) is 1. The van der Waals surface area contributed by atoms with Gasteiger partial charge in [0.2, 0.25) is 0 Å². The number of aromatic amines is 1. The third kappa shape index (κ3) is 3.98. The zero-order valence-electron chi connectivity index (χ0n) is 15.3. The number of aliphatic carboxylic acids is 1. The maximum atomic E-state index is 13.4. The van der Waals surface area contributed by atoms with E-state index in [0.717, 1.165) is 5.39 Å². The first-order chi connectivity index (χ1) is 14.0. The molecule has 0 saturated carbocycles. The molecule has 0 radical (unpaired) electrons. The van der Waals surface area contributed by atoms with Crippen LogP contribution in [0.25, 0.3) is 10.9 Å². The van der Waals surface area contributed by atoms with E-state index in [1.807, 2.05) is 6.07 Å². The fraction of sp³-hybridized carbons (Fsp3) is 0.182. The molecular formula is C22H17FN2O3S. The summed E-state index contributed by atoms with van der Waals surface area (Å²) in [5.41, 5.74) is 0.746. The summed E-state index contributed by atoms with van der Waals surface area (Å²) in [5.74, 6) is 2.10. The second kappa shape index (κ2) is 7.64. The average molecular weight is 408 g/mol. The zero-order chi connectivity index (χ0) is 20.4. The molecule has 0 saturated heterocycles. The van der Waals surface area contributed by atoms with Crippen molar-refractivity contribution in [2.24, 2.45) is 4.99 Å².